The number of hydrogen-bond donors (Lipinski definition) is 0. The van der Waals surface area contributed by atoms with E-state index in [0.717, 1.165) is 89.0 Å². The van der Waals surface area contributed by atoms with Gasteiger partial charge in [-0.15, -0.1) is 4.79 Å². The van der Waals surface area contributed by atoms with Crippen LogP contribution in [0.15, 0.2) is 35.4 Å². The quantitative estimate of drug-likeness (QED) is 0.0475. The van der Waals surface area contributed by atoms with E-state index in [0.29, 0.717) is 0 Å². The lowest BCUT2D eigenvalue weighted by Crippen LogP contribution is -2.08. The molecule has 2 aromatic carbocycles. The van der Waals surface area contributed by atoms with Crippen LogP contribution in [-0.2, 0) is 38.5 Å². The fraction of sp³-hybridized carbons (Fsp3) is 0.644. The van der Waals surface area contributed by atoms with Crippen LogP contribution in [-0.4, -0.2) is 10.7 Å². The zero-order valence-electron chi connectivity index (χ0n) is 32.1. The molecular weight excluding hydrogens is 569 g/mol. The van der Waals surface area contributed by atoms with E-state index in [1.165, 1.54) is 84.8 Å². The first-order valence-corrected chi connectivity index (χ1v) is 20.0. The van der Waals surface area contributed by atoms with Gasteiger partial charge in [0.2, 0.25) is 0 Å². The van der Waals surface area contributed by atoms with E-state index in [2.05, 4.69) is 90.3 Å². The highest BCUT2D eigenvalue weighted by Crippen LogP contribution is 2.39. The Kier molecular flexibility index (Phi) is 20.4. The minimum absolute atomic E-state index is 0.890. The van der Waals surface area contributed by atoms with Crippen LogP contribution in [0.3, 0.4) is 0 Å². The Morgan fingerprint density at radius 3 is 1.32 bits per heavy atom. The van der Waals surface area contributed by atoms with E-state index in [-0.39, 0.29) is 0 Å². The van der Waals surface area contributed by atoms with Crippen LogP contribution in [0.25, 0.3) is 11.1 Å². The number of nitrogens with zero attached hydrogens (tertiary/aromatic N) is 2. The SMILES string of the molecule is CCCCC(=C=[N+]=[N-])C(CCCC)=C(c1cc(CCC)c(CCC)c(CCC)c1)c1cc(CCCC)c(CCCC)c(CCCC)c1. The Morgan fingerprint density at radius 2 is 0.894 bits per heavy atom. The summed E-state index contributed by atoms with van der Waals surface area (Å²) in [6, 6.07) is 10.3. The molecule has 0 fully saturated rings. The maximum absolute atomic E-state index is 9.93. The zero-order valence-corrected chi connectivity index (χ0v) is 32.1. The zero-order chi connectivity index (χ0) is 34.4. The summed E-state index contributed by atoms with van der Waals surface area (Å²) in [5, 5.41) is 0. The average molecular weight is 639 g/mol. The molecule has 0 spiro atoms. The molecule has 2 heteroatoms. The Morgan fingerprint density at radius 1 is 0.489 bits per heavy atom. The third-order valence-corrected chi connectivity index (χ3v) is 9.78. The lowest BCUT2D eigenvalue weighted by molar-refractivity contribution is 0.00739. The Bertz CT molecular complexity index is 1270. The average Bonchev–Trinajstić information content (AvgIpc) is 3.07. The summed E-state index contributed by atoms with van der Waals surface area (Å²) >= 11 is 0. The van der Waals surface area contributed by atoms with Crippen molar-refractivity contribution in [2.24, 2.45) is 0 Å². The third kappa shape index (κ3) is 12.4. The number of unbranched alkanes of at least 4 members (excludes halogenated alkanes) is 5. The van der Waals surface area contributed by atoms with Gasteiger partial charge in [0.15, 0.2) is 0 Å². The molecule has 0 atom stereocenters. The largest absolute Gasteiger partial charge is 0.348 e. The molecule has 0 radical (unpaired) electrons. The van der Waals surface area contributed by atoms with Gasteiger partial charge in [0.25, 0.3) is 0 Å². The van der Waals surface area contributed by atoms with Gasteiger partial charge in [0.05, 0.1) is 5.57 Å². The molecule has 0 aliphatic carbocycles. The smallest absolute Gasteiger partial charge is 0.303 e. The molecule has 2 nitrogen and oxygen atoms in total. The first-order chi connectivity index (χ1) is 23.0. The van der Waals surface area contributed by atoms with Crippen LogP contribution in [0.4, 0.5) is 0 Å². The van der Waals surface area contributed by atoms with Crippen molar-refractivity contribution in [1.29, 1.82) is 0 Å². The summed E-state index contributed by atoms with van der Waals surface area (Å²) in [5.41, 5.74) is 25.9. The van der Waals surface area contributed by atoms with Crippen molar-refractivity contribution >= 4 is 11.4 Å². The van der Waals surface area contributed by atoms with Gasteiger partial charge in [-0.05, 0) is 139 Å². The van der Waals surface area contributed by atoms with Crippen molar-refractivity contribution in [2.45, 2.75) is 190 Å². The normalized spacial score (nSPS) is 11.7. The van der Waals surface area contributed by atoms with E-state index in [1.807, 2.05) is 0 Å². The van der Waals surface area contributed by atoms with E-state index in [1.54, 1.807) is 22.3 Å². The monoisotopic (exact) mass is 639 g/mol. The molecule has 2 aromatic rings. The highest BCUT2D eigenvalue weighted by molar-refractivity contribution is 5.88. The van der Waals surface area contributed by atoms with Gasteiger partial charge in [0, 0.05) is 0 Å². The Labute approximate surface area is 291 Å². The van der Waals surface area contributed by atoms with Gasteiger partial charge >= 0.3 is 5.87 Å². The number of rotatable bonds is 24. The minimum atomic E-state index is 0.890. The second-order valence-corrected chi connectivity index (χ2v) is 13.9. The lowest BCUT2D eigenvalue weighted by atomic mass is 9.80. The molecule has 0 aliphatic heterocycles. The molecule has 0 aliphatic rings. The van der Waals surface area contributed by atoms with Crippen molar-refractivity contribution in [2.75, 3.05) is 0 Å². The van der Waals surface area contributed by atoms with Gasteiger partial charge in [-0.25, -0.2) is 0 Å². The minimum Gasteiger partial charge on any atom is -0.348 e. The van der Waals surface area contributed by atoms with Gasteiger partial charge in [-0.3, -0.25) is 0 Å². The summed E-state index contributed by atoms with van der Waals surface area (Å²) in [6.45, 7) is 18.5. The predicted molar refractivity (Wildman–Crippen MR) is 208 cm³/mol. The number of allylic oxidation sites excluding steroid dienone is 2. The molecule has 0 unspecified atom stereocenters. The highest BCUT2D eigenvalue weighted by atomic mass is 14.8. The predicted octanol–water partition coefficient (Wildman–Crippen LogP) is 13.6. The van der Waals surface area contributed by atoms with Crippen LogP contribution in [0, 0.1) is 0 Å². The topological polar surface area (TPSA) is 36.4 Å². The van der Waals surface area contributed by atoms with Gasteiger partial charge in [-0.1, -0.05) is 131 Å². The maximum Gasteiger partial charge on any atom is 0.303 e. The van der Waals surface area contributed by atoms with Crippen LogP contribution in [0.2, 0.25) is 0 Å². The van der Waals surface area contributed by atoms with Crippen LogP contribution in [0.1, 0.15) is 196 Å². The second-order valence-electron chi connectivity index (χ2n) is 13.9. The molecule has 47 heavy (non-hydrogen) atoms. The van der Waals surface area contributed by atoms with Gasteiger partial charge in [0.1, 0.15) is 0 Å². The Balaban J connectivity index is 3.22. The van der Waals surface area contributed by atoms with Crippen LogP contribution < -0.4 is 0 Å². The molecule has 0 bridgehead atoms. The summed E-state index contributed by atoms with van der Waals surface area (Å²) in [4.78, 5) is 3.56. The number of hydrogen-bond acceptors (Lipinski definition) is 0. The van der Waals surface area contributed by atoms with Crippen molar-refractivity contribution in [3.8, 4) is 0 Å². The third-order valence-electron chi connectivity index (χ3n) is 9.78. The summed E-state index contributed by atoms with van der Waals surface area (Å²) in [7, 11) is 0. The highest BCUT2D eigenvalue weighted by Gasteiger charge is 2.22. The molecule has 2 rings (SSSR count). The van der Waals surface area contributed by atoms with Crippen molar-refractivity contribution < 1.29 is 4.79 Å². The van der Waals surface area contributed by atoms with Crippen LogP contribution in [0.5, 0.6) is 0 Å². The van der Waals surface area contributed by atoms with Crippen LogP contribution >= 0.6 is 0 Å². The standard InChI is InChI=1S/C45H70N2/c1-9-17-25-37-32-41(33-38(26-18-10-2)43(37)28-20-12-4)45(44(29-21-13-5)39(34-47-46)27-19-11-3)40-30-35(22-14-6)42(24-16-8)36(31-40)23-15-7/h30-33H,9-29H2,1-8H3. The first-order valence-electron chi connectivity index (χ1n) is 20.0. The fourth-order valence-corrected chi connectivity index (χ4v) is 7.28. The van der Waals surface area contributed by atoms with Crippen molar-refractivity contribution in [3.05, 3.63) is 85.5 Å². The molecule has 0 heterocycles. The first kappa shape index (κ1) is 40.5. The van der Waals surface area contributed by atoms with Crippen molar-refractivity contribution in [1.82, 2.24) is 0 Å². The van der Waals surface area contributed by atoms with E-state index < -0.39 is 0 Å². The fourth-order valence-electron chi connectivity index (χ4n) is 7.28. The second kappa shape index (κ2) is 23.6. The molecule has 0 saturated carbocycles. The summed E-state index contributed by atoms with van der Waals surface area (Å²) in [5.74, 6) is 3.13. The molecule has 0 saturated heterocycles. The van der Waals surface area contributed by atoms with Gasteiger partial charge < -0.3 is 5.53 Å². The summed E-state index contributed by atoms with van der Waals surface area (Å²) in [6.07, 6.45) is 24.0. The lowest BCUT2D eigenvalue weighted by Gasteiger charge is -2.24. The molecule has 0 aromatic heterocycles. The summed E-state index contributed by atoms with van der Waals surface area (Å²) < 4.78 is 0. The molecular formula is C45H70N2. The maximum atomic E-state index is 9.93. The number of aryl methyl sites for hydroxylation is 4. The van der Waals surface area contributed by atoms with E-state index in [4.69, 9.17) is 0 Å². The molecule has 260 valence electrons. The molecule has 0 amide bonds. The molecule has 0 N–H and O–H groups in total. The van der Waals surface area contributed by atoms with Gasteiger partial charge in [-0.2, -0.15) is 0 Å². The van der Waals surface area contributed by atoms with E-state index >= 15 is 0 Å². The van der Waals surface area contributed by atoms with Crippen molar-refractivity contribution in [3.63, 3.8) is 0 Å². The Hall–Kier alpha value is -2.66. The van der Waals surface area contributed by atoms with E-state index in [9.17, 15) is 5.53 Å². The number of benzene rings is 2.